The van der Waals surface area contributed by atoms with Crippen molar-refractivity contribution < 1.29 is 19.2 Å². The van der Waals surface area contributed by atoms with Gasteiger partial charge in [0, 0.05) is 31.3 Å². The molecule has 1 aliphatic heterocycles. The highest BCUT2D eigenvalue weighted by atomic mass is 16.6. The summed E-state index contributed by atoms with van der Waals surface area (Å²) in [6, 6.07) is 4.95. The molecule has 146 valence electrons. The molecule has 0 N–H and O–H groups in total. The molecule has 1 spiro atoms. The summed E-state index contributed by atoms with van der Waals surface area (Å²) in [5.74, 6) is -0.556. The van der Waals surface area contributed by atoms with Crippen LogP contribution in [0.25, 0.3) is 0 Å². The molecule has 0 bridgehead atoms. The summed E-state index contributed by atoms with van der Waals surface area (Å²) in [4.78, 5) is 39.9. The molecule has 1 atom stereocenters. The van der Waals surface area contributed by atoms with Crippen LogP contribution in [0.1, 0.15) is 49.4 Å². The number of ether oxygens (including phenoxy) is 1. The highest BCUT2D eigenvalue weighted by molar-refractivity contribution is 5.98. The maximum absolute atomic E-state index is 13.4. The van der Waals surface area contributed by atoms with Gasteiger partial charge in [0.25, 0.3) is 11.6 Å². The maximum Gasteiger partial charge on any atom is 0.270 e. The molecule has 1 heterocycles. The molecule has 1 saturated heterocycles. The van der Waals surface area contributed by atoms with Crippen LogP contribution in [0.5, 0.6) is 0 Å². The van der Waals surface area contributed by atoms with Gasteiger partial charge in [-0.25, -0.2) is 0 Å². The van der Waals surface area contributed by atoms with Crippen LogP contribution in [-0.4, -0.2) is 58.5 Å². The van der Waals surface area contributed by atoms with Crippen molar-refractivity contribution in [2.45, 2.75) is 50.8 Å². The summed E-state index contributed by atoms with van der Waals surface area (Å²) in [5, 5.41) is 11.1. The lowest BCUT2D eigenvalue weighted by atomic mass is 9.89. The first-order chi connectivity index (χ1) is 12.9. The molecule has 1 aromatic rings. The molecule has 1 aliphatic carbocycles. The largest absolute Gasteiger partial charge is 0.353 e. The van der Waals surface area contributed by atoms with Gasteiger partial charge in [-0.3, -0.25) is 24.6 Å². The van der Waals surface area contributed by atoms with Crippen LogP contribution in [0.15, 0.2) is 24.3 Å². The minimum atomic E-state index is -0.797. The van der Waals surface area contributed by atoms with Crippen molar-refractivity contribution in [1.29, 1.82) is 0 Å². The van der Waals surface area contributed by atoms with Gasteiger partial charge in [-0.05, 0) is 38.7 Å². The Morgan fingerprint density at radius 3 is 2.67 bits per heavy atom. The van der Waals surface area contributed by atoms with Gasteiger partial charge in [0.1, 0.15) is 11.8 Å². The maximum atomic E-state index is 13.4. The second-order valence-corrected chi connectivity index (χ2v) is 7.17. The van der Waals surface area contributed by atoms with Gasteiger partial charge in [0.2, 0.25) is 5.91 Å². The van der Waals surface area contributed by atoms with Crippen molar-refractivity contribution >= 4 is 17.5 Å². The third-order valence-corrected chi connectivity index (χ3v) is 5.55. The number of amides is 2. The summed E-state index contributed by atoms with van der Waals surface area (Å²) in [6.07, 6.45) is 4.25. The number of nitro groups is 1. The molecule has 1 unspecified atom stereocenters. The second-order valence-electron chi connectivity index (χ2n) is 7.17. The van der Waals surface area contributed by atoms with Gasteiger partial charge in [0.05, 0.1) is 11.5 Å². The fourth-order valence-electron chi connectivity index (χ4n) is 3.96. The Hall–Kier alpha value is -2.48. The quantitative estimate of drug-likeness (QED) is 0.596. The molecule has 2 aliphatic rings. The first-order valence-corrected chi connectivity index (χ1v) is 9.36. The minimum Gasteiger partial charge on any atom is -0.353 e. The molecule has 0 radical (unpaired) electrons. The van der Waals surface area contributed by atoms with Crippen molar-refractivity contribution in [2.75, 3.05) is 20.2 Å². The number of likely N-dealkylation sites (N-methyl/N-ethyl adjacent to an activating group) is 1. The molecule has 1 aromatic carbocycles. The van der Waals surface area contributed by atoms with Gasteiger partial charge in [-0.1, -0.05) is 12.5 Å². The molecule has 0 aromatic heterocycles. The van der Waals surface area contributed by atoms with E-state index in [1.54, 1.807) is 22.9 Å². The second kappa shape index (κ2) is 7.64. The number of non-ortho nitro benzene ring substituents is 1. The molecule has 8 nitrogen and oxygen atoms in total. The van der Waals surface area contributed by atoms with E-state index >= 15 is 0 Å². The van der Waals surface area contributed by atoms with Crippen LogP contribution in [0.4, 0.5) is 5.69 Å². The fourth-order valence-corrected chi connectivity index (χ4v) is 3.96. The molecule has 2 amide bonds. The van der Waals surface area contributed by atoms with Gasteiger partial charge in [-0.2, -0.15) is 0 Å². The van der Waals surface area contributed by atoms with Gasteiger partial charge < -0.3 is 9.64 Å². The molecule has 8 heteroatoms. The normalized spacial score (nSPS) is 21.3. The zero-order valence-corrected chi connectivity index (χ0v) is 15.7. The molecule has 1 saturated carbocycles. The number of nitro benzene ring substituents is 1. The van der Waals surface area contributed by atoms with Gasteiger partial charge in [-0.15, -0.1) is 0 Å². The van der Waals surface area contributed by atoms with E-state index < -0.39 is 16.7 Å². The number of nitrogens with zero attached hydrogens (tertiary/aromatic N) is 3. The summed E-state index contributed by atoms with van der Waals surface area (Å²) in [6.45, 7) is 2.56. The van der Waals surface area contributed by atoms with Crippen molar-refractivity contribution in [3.05, 3.63) is 39.9 Å². The van der Waals surface area contributed by atoms with E-state index in [2.05, 4.69) is 0 Å². The number of carbonyl (C=O) groups is 2. The summed E-state index contributed by atoms with van der Waals surface area (Å²) in [7, 11) is 1.70. The minimum absolute atomic E-state index is 0.146. The lowest BCUT2D eigenvalue weighted by molar-refractivity contribution is -0.384. The summed E-state index contributed by atoms with van der Waals surface area (Å²) >= 11 is 0. The highest BCUT2D eigenvalue weighted by Gasteiger charge is 2.53. The number of rotatable bonds is 4. The molecule has 3 rings (SSSR count). The smallest absolute Gasteiger partial charge is 0.270 e. The summed E-state index contributed by atoms with van der Waals surface area (Å²) < 4.78 is 6.07. The molecule has 2 fully saturated rings. The van der Waals surface area contributed by atoms with Crippen LogP contribution in [0, 0.1) is 10.1 Å². The Morgan fingerprint density at radius 2 is 2.04 bits per heavy atom. The monoisotopic (exact) mass is 375 g/mol. The zero-order chi connectivity index (χ0) is 19.6. The van der Waals surface area contributed by atoms with E-state index in [0.717, 1.165) is 19.3 Å². The van der Waals surface area contributed by atoms with Gasteiger partial charge >= 0.3 is 0 Å². The number of carbonyl (C=O) groups excluding carboxylic acids is 2. The van der Waals surface area contributed by atoms with Gasteiger partial charge in [0.15, 0.2) is 0 Å². The molecular formula is C19H25N3O5. The van der Waals surface area contributed by atoms with Crippen molar-refractivity contribution in [3.63, 3.8) is 0 Å². The lowest BCUT2D eigenvalue weighted by Gasteiger charge is -2.41. The van der Waals surface area contributed by atoms with E-state index in [1.165, 1.54) is 18.2 Å². The molecular weight excluding hydrogens is 350 g/mol. The SMILES string of the molecule is CCN(C)C(=O)C1COC2(CCCCC2)N1C(=O)c1cccc([N+](=O)[O-])c1. The zero-order valence-electron chi connectivity index (χ0n) is 15.7. The van der Waals surface area contributed by atoms with E-state index in [0.29, 0.717) is 19.4 Å². The standard InChI is InChI=1S/C19H25N3O5/c1-3-20(2)18(24)16-13-27-19(10-5-4-6-11-19)21(16)17(23)14-8-7-9-15(12-14)22(25)26/h7-9,12,16H,3-6,10-11,13H2,1-2H3. The Morgan fingerprint density at radius 1 is 1.33 bits per heavy atom. The first-order valence-electron chi connectivity index (χ1n) is 9.36. The van der Waals surface area contributed by atoms with Crippen LogP contribution in [0.2, 0.25) is 0 Å². The van der Waals surface area contributed by atoms with E-state index in [4.69, 9.17) is 4.74 Å². The van der Waals surface area contributed by atoms with Crippen LogP contribution < -0.4 is 0 Å². The van der Waals surface area contributed by atoms with Crippen LogP contribution in [-0.2, 0) is 9.53 Å². The summed E-state index contributed by atoms with van der Waals surface area (Å²) in [5.41, 5.74) is -0.738. The third kappa shape index (κ3) is 3.53. The predicted molar refractivity (Wildman–Crippen MR) is 98.1 cm³/mol. The fraction of sp³-hybridized carbons (Fsp3) is 0.579. The van der Waals surface area contributed by atoms with Crippen molar-refractivity contribution in [3.8, 4) is 0 Å². The molecule has 27 heavy (non-hydrogen) atoms. The average molecular weight is 375 g/mol. The van der Waals surface area contributed by atoms with Crippen molar-refractivity contribution in [1.82, 2.24) is 9.80 Å². The Labute approximate surface area is 158 Å². The average Bonchev–Trinajstić information content (AvgIpc) is 3.05. The number of hydrogen-bond donors (Lipinski definition) is 0. The number of benzene rings is 1. The topological polar surface area (TPSA) is 93.0 Å². The third-order valence-electron chi connectivity index (χ3n) is 5.55. The van der Waals surface area contributed by atoms with Crippen LogP contribution in [0.3, 0.4) is 0 Å². The van der Waals surface area contributed by atoms with Crippen molar-refractivity contribution in [2.24, 2.45) is 0 Å². The first kappa shape index (κ1) is 19.3. The Kier molecular flexibility index (Phi) is 5.46. The Balaban J connectivity index is 1.99. The van der Waals surface area contributed by atoms with E-state index in [1.807, 2.05) is 6.92 Å². The Bertz CT molecular complexity index is 745. The van der Waals surface area contributed by atoms with E-state index in [-0.39, 0.29) is 29.7 Å². The predicted octanol–water partition coefficient (Wildman–Crippen LogP) is 2.57. The number of hydrogen-bond acceptors (Lipinski definition) is 5. The highest BCUT2D eigenvalue weighted by Crippen LogP contribution is 2.41. The lowest BCUT2D eigenvalue weighted by Crippen LogP contribution is -2.56. The van der Waals surface area contributed by atoms with Crippen LogP contribution >= 0.6 is 0 Å². The van der Waals surface area contributed by atoms with E-state index in [9.17, 15) is 19.7 Å².